The molecule has 0 saturated heterocycles. The summed E-state index contributed by atoms with van der Waals surface area (Å²) in [6.07, 6.45) is -3.24. The minimum absolute atomic E-state index is 0.0260. The van der Waals surface area contributed by atoms with E-state index in [1.807, 2.05) is 0 Å². The molecule has 1 aliphatic rings. The fourth-order valence-electron chi connectivity index (χ4n) is 4.22. The highest BCUT2D eigenvalue weighted by atomic mass is 35.5. The van der Waals surface area contributed by atoms with Crippen LogP contribution in [0.25, 0.3) is 27.6 Å². The van der Waals surface area contributed by atoms with E-state index < -0.39 is 21.4 Å². The summed E-state index contributed by atoms with van der Waals surface area (Å²) in [6, 6.07) is 13.1. The molecule has 0 aliphatic heterocycles. The van der Waals surface area contributed by atoms with Crippen LogP contribution in [0.5, 0.6) is 0 Å². The van der Waals surface area contributed by atoms with Crippen LogP contribution in [-0.2, 0) is 15.3 Å². The third-order valence-electron chi connectivity index (χ3n) is 6.20. The Kier molecular flexibility index (Phi) is 6.18. The maximum absolute atomic E-state index is 13.9. The molecule has 5 rings (SSSR count). The number of aromatic nitrogens is 4. The molecule has 0 spiro atoms. The number of sulfone groups is 1. The number of halogens is 5. The van der Waals surface area contributed by atoms with Gasteiger partial charge in [-0.25, -0.2) is 13.1 Å². The lowest BCUT2D eigenvalue weighted by Gasteiger charge is -2.40. The van der Waals surface area contributed by atoms with E-state index in [1.165, 1.54) is 4.68 Å². The van der Waals surface area contributed by atoms with Gasteiger partial charge in [0.2, 0.25) is 0 Å². The molecule has 1 fully saturated rings. The van der Waals surface area contributed by atoms with Crippen LogP contribution in [0.2, 0.25) is 10.0 Å². The number of para-hydroxylation sites is 1. The third-order valence-corrected chi connectivity index (χ3v) is 9.03. The maximum atomic E-state index is 13.9. The molecule has 4 aromatic rings. The highest BCUT2D eigenvalue weighted by Crippen LogP contribution is 2.56. The van der Waals surface area contributed by atoms with E-state index in [2.05, 4.69) is 15.3 Å². The molecule has 1 aliphatic carbocycles. The topological polar surface area (TPSA) is 77.7 Å². The maximum Gasteiger partial charge on any atom is 0.400 e. The molecule has 0 amide bonds. The van der Waals surface area contributed by atoms with Crippen molar-refractivity contribution in [1.29, 1.82) is 0 Å². The highest BCUT2D eigenvalue weighted by Gasteiger charge is 2.61. The molecule has 0 bridgehead atoms. The van der Waals surface area contributed by atoms with Gasteiger partial charge in [0.15, 0.2) is 14.8 Å². The standard InChI is InChI=1S/C23H17Cl2F3N4O2S2/c1-36(33,34)19-17(20-29-30-21(35-20)22(11-4-12-22)23(26,27)28)31-32(16-6-3-2-5-15(16)25)18(19)13-7-9-14(24)10-8-13/h2-3,5-10H,4,11-12H2,1H3. The lowest BCUT2D eigenvalue weighted by atomic mass is 9.68. The quantitative estimate of drug-likeness (QED) is 0.264. The summed E-state index contributed by atoms with van der Waals surface area (Å²) in [5.74, 6) is 0. The van der Waals surface area contributed by atoms with Crippen molar-refractivity contribution in [1.82, 2.24) is 20.0 Å². The minimum Gasteiger partial charge on any atom is -0.229 e. The molecular formula is C23H17Cl2F3N4O2S2. The van der Waals surface area contributed by atoms with Crippen LogP contribution in [0.1, 0.15) is 24.3 Å². The molecule has 36 heavy (non-hydrogen) atoms. The first kappa shape index (κ1) is 25.2. The summed E-state index contributed by atoms with van der Waals surface area (Å²) >= 11 is 13.2. The van der Waals surface area contributed by atoms with Gasteiger partial charge in [-0.15, -0.1) is 10.2 Å². The molecule has 2 aromatic carbocycles. The van der Waals surface area contributed by atoms with E-state index in [-0.39, 0.29) is 39.1 Å². The Morgan fingerprint density at radius 2 is 1.69 bits per heavy atom. The Morgan fingerprint density at radius 3 is 2.25 bits per heavy atom. The van der Waals surface area contributed by atoms with Gasteiger partial charge in [-0.2, -0.15) is 18.3 Å². The largest absolute Gasteiger partial charge is 0.400 e. The van der Waals surface area contributed by atoms with Gasteiger partial charge in [-0.05, 0) is 37.1 Å². The van der Waals surface area contributed by atoms with Crippen molar-refractivity contribution in [2.24, 2.45) is 0 Å². The summed E-state index contributed by atoms with van der Waals surface area (Å²) in [5, 5.41) is 12.9. The van der Waals surface area contributed by atoms with Gasteiger partial charge in [-0.1, -0.05) is 65.2 Å². The average Bonchev–Trinajstić information content (AvgIpc) is 3.38. The van der Waals surface area contributed by atoms with Crippen molar-refractivity contribution in [2.45, 2.75) is 35.7 Å². The second-order valence-electron chi connectivity index (χ2n) is 8.51. The molecule has 6 nitrogen and oxygen atoms in total. The molecule has 2 heterocycles. The van der Waals surface area contributed by atoms with Crippen LogP contribution in [0.15, 0.2) is 53.4 Å². The van der Waals surface area contributed by atoms with Crippen molar-refractivity contribution >= 4 is 44.4 Å². The fourth-order valence-corrected chi connectivity index (χ4v) is 6.77. The van der Waals surface area contributed by atoms with Crippen molar-refractivity contribution in [3.05, 3.63) is 63.6 Å². The summed E-state index contributed by atoms with van der Waals surface area (Å²) in [7, 11) is -3.96. The van der Waals surface area contributed by atoms with Gasteiger partial charge in [0, 0.05) is 16.8 Å². The van der Waals surface area contributed by atoms with Crippen LogP contribution in [0.4, 0.5) is 13.2 Å². The first-order valence-electron chi connectivity index (χ1n) is 10.7. The number of alkyl halides is 3. The molecular weight excluding hydrogens is 556 g/mol. The normalized spacial score (nSPS) is 15.6. The number of benzene rings is 2. The number of hydrogen-bond donors (Lipinski definition) is 0. The number of rotatable bonds is 5. The van der Waals surface area contributed by atoms with Crippen molar-refractivity contribution in [2.75, 3.05) is 6.26 Å². The van der Waals surface area contributed by atoms with E-state index in [9.17, 15) is 21.6 Å². The first-order chi connectivity index (χ1) is 16.9. The smallest absolute Gasteiger partial charge is 0.229 e. The van der Waals surface area contributed by atoms with E-state index >= 15 is 0 Å². The van der Waals surface area contributed by atoms with Crippen molar-refractivity contribution in [3.63, 3.8) is 0 Å². The fraction of sp³-hybridized carbons (Fsp3) is 0.261. The Bertz CT molecular complexity index is 1560. The Labute approximate surface area is 218 Å². The van der Waals surface area contributed by atoms with Gasteiger partial charge in [-0.3, -0.25) is 0 Å². The predicted octanol–water partition coefficient (Wildman–Crippen LogP) is 6.75. The van der Waals surface area contributed by atoms with Crippen LogP contribution in [0.3, 0.4) is 0 Å². The molecule has 0 atom stereocenters. The minimum atomic E-state index is -4.49. The molecule has 2 aromatic heterocycles. The zero-order valence-corrected chi connectivity index (χ0v) is 21.7. The molecule has 188 valence electrons. The van der Waals surface area contributed by atoms with Crippen LogP contribution >= 0.6 is 34.5 Å². The summed E-state index contributed by atoms with van der Waals surface area (Å²) in [6.45, 7) is 0. The van der Waals surface area contributed by atoms with Gasteiger partial charge >= 0.3 is 6.18 Å². The van der Waals surface area contributed by atoms with Crippen LogP contribution in [-0.4, -0.2) is 40.8 Å². The Hall–Kier alpha value is -2.47. The second kappa shape index (κ2) is 8.83. The number of nitrogens with zero attached hydrogens (tertiary/aromatic N) is 4. The number of hydrogen-bond acceptors (Lipinski definition) is 6. The lowest BCUT2D eigenvalue weighted by molar-refractivity contribution is -0.212. The monoisotopic (exact) mass is 572 g/mol. The highest BCUT2D eigenvalue weighted by molar-refractivity contribution is 7.91. The average molecular weight is 573 g/mol. The van der Waals surface area contributed by atoms with E-state index in [1.54, 1.807) is 48.5 Å². The lowest BCUT2D eigenvalue weighted by Crippen LogP contribution is -2.47. The molecule has 0 radical (unpaired) electrons. The summed E-state index contributed by atoms with van der Waals surface area (Å²) < 4.78 is 69.3. The van der Waals surface area contributed by atoms with E-state index in [4.69, 9.17) is 23.2 Å². The summed E-state index contributed by atoms with van der Waals surface area (Å²) in [4.78, 5) is -0.192. The second-order valence-corrected chi connectivity index (χ2v) is 12.3. The SMILES string of the molecule is CS(=O)(=O)c1c(-c2nnc(C3(C(F)(F)F)CCC3)s2)nn(-c2ccccc2Cl)c1-c1ccc(Cl)cc1. The van der Waals surface area contributed by atoms with Crippen LogP contribution < -0.4 is 0 Å². The van der Waals surface area contributed by atoms with Crippen molar-refractivity contribution < 1.29 is 21.6 Å². The molecule has 13 heteroatoms. The zero-order valence-electron chi connectivity index (χ0n) is 18.6. The third kappa shape index (κ3) is 4.11. The predicted molar refractivity (Wildman–Crippen MR) is 133 cm³/mol. The van der Waals surface area contributed by atoms with Gasteiger partial charge in [0.05, 0.1) is 16.4 Å². The van der Waals surface area contributed by atoms with E-state index in [0.29, 0.717) is 39.1 Å². The van der Waals surface area contributed by atoms with Gasteiger partial charge < -0.3 is 0 Å². The summed E-state index contributed by atoms with van der Waals surface area (Å²) in [5.41, 5.74) is -1.13. The first-order valence-corrected chi connectivity index (χ1v) is 14.1. The van der Waals surface area contributed by atoms with Gasteiger partial charge in [0.1, 0.15) is 21.0 Å². The van der Waals surface area contributed by atoms with Crippen molar-refractivity contribution in [3.8, 4) is 27.6 Å². The van der Waals surface area contributed by atoms with E-state index in [0.717, 1.165) is 6.26 Å². The molecule has 1 saturated carbocycles. The zero-order chi connectivity index (χ0) is 25.9. The Morgan fingerprint density at radius 1 is 1.03 bits per heavy atom. The molecule has 0 N–H and O–H groups in total. The van der Waals surface area contributed by atoms with Gasteiger partial charge in [0.25, 0.3) is 0 Å². The van der Waals surface area contributed by atoms with Crippen LogP contribution in [0, 0.1) is 0 Å². The molecule has 0 unspecified atom stereocenters. The Balaban J connectivity index is 1.79.